The molecule has 0 amide bonds. The van der Waals surface area contributed by atoms with Crippen molar-refractivity contribution in [3.05, 3.63) is 24.3 Å². The first kappa shape index (κ1) is 14.2. The largest absolute Gasteiger partial charge is 0.492 e. The second kappa shape index (κ2) is 7.39. The monoisotopic (exact) mass is 262 g/mol. The maximum absolute atomic E-state index is 5.80. The Morgan fingerprint density at radius 1 is 1.05 bits per heavy atom. The zero-order valence-corrected chi connectivity index (χ0v) is 12.3. The number of nitrogens with zero attached hydrogens (tertiary/aromatic N) is 2. The molecule has 0 spiro atoms. The minimum Gasteiger partial charge on any atom is -0.492 e. The first-order chi connectivity index (χ1) is 9.33. The molecule has 106 valence electrons. The summed E-state index contributed by atoms with van der Waals surface area (Å²) in [7, 11) is 0. The molecule has 1 aliphatic rings. The van der Waals surface area contributed by atoms with E-state index in [1.165, 1.54) is 31.6 Å². The minimum absolute atomic E-state index is 0.769. The Hall–Kier alpha value is -1.22. The van der Waals surface area contributed by atoms with E-state index >= 15 is 0 Å². The number of anilines is 1. The lowest BCUT2D eigenvalue weighted by atomic mass is 10.3. The topological polar surface area (TPSA) is 15.7 Å². The molecule has 0 saturated carbocycles. The van der Waals surface area contributed by atoms with Gasteiger partial charge in [0.1, 0.15) is 12.4 Å². The Morgan fingerprint density at radius 3 is 2.26 bits per heavy atom. The van der Waals surface area contributed by atoms with E-state index in [2.05, 4.69) is 47.9 Å². The summed E-state index contributed by atoms with van der Waals surface area (Å²) in [6.45, 7) is 10.7. The molecule has 0 atom stereocenters. The number of hydrogen-bond donors (Lipinski definition) is 0. The van der Waals surface area contributed by atoms with Gasteiger partial charge in [0.15, 0.2) is 0 Å². The van der Waals surface area contributed by atoms with E-state index in [1.54, 1.807) is 0 Å². The molecule has 1 saturated heterocycles. The SMILES string of the molecule is CCN(CC)CCOc1ccc(N2CCCC2)cc1. The first-order valence-corrected chi connectivity index (χ1v) is 7.53. The van der Waals surface area contributed by atoms with Crippen molar-refractivity contribution in [3.8, 4) is 5.75 Å². The summed E-state index contributed by atoms with van der Waals surface area (Å²) in [5.74, 6) is 0.982. The smallest absolute Gasteiger partial charge is 0.119 e. The van der Waals surface area contributed by atoms with Crippen LogP contribution in [0, 0.1) is 0 Å². The minimum atomic E-state index is 0.769. The fourth-order valence-corrected chi connectivity index (χ4v) is 2.56. The summed E-state index contributed by atoms with van der Waals surface area (Å²) < 4.78 is 5.80. The predicted molar refractivity (Wildman–Crippen MR) is 81.2 cm³/mol. The van der Waals surface area contributed by atoms with Crippen molar-refractivity contribution in [3.63, 3.8) is 0 Å². The van der Waals surface area contributed by atoms with Crippen LogP contribution in [0.2, 0.25) is 0 Å². The average molecular weight is 262 g/mol. The van der Waals surface area contributed by atoms with Gasteiger partial charge in [-0.15, -0.1) is 0 Å². The van der Waals surface area contributed by atoms with Crippen molar-refractivity contribution in [2.24, 2.45) is 0 Å². The molecule has 1 heterocycles. The third kappa shape index (κ3) is 4.13. The predicted octanol–water partition coefficient (Wildman–Crippen LogP) is 3.01. The zero-order chi connectivity index (χ0) is 13.5. The van der Waals surface area contributed by atoms with Gasteiger partial charge in [0.2, 0.25) is 0 Å². The van der Waals surface area contributed by atoms with Crippen LogP contribution in [0.3, 0.4) is 0 Å². The molecular weight excluding hydrogens is 236 g/mol. The van der Waals surface area contributed by atoms with Gasteiger partial charge in [0.25, 0.3) is 0 Å². The van der Waals surface area contributed by atoms with Gasteiger partial charge >= 0.3 is 0 Å². The van der Waals surface area contributed by atoms with Crippen LogP contribution in [0.4, 0.5) is 5.69 Å². The van der Waals surface area contributed by atoms with Crippen molar-refractivity contribution in [2.75, 3.05) is 44.2 Å². The summed E-state index contributed by atoms with van der Waals surface area (Å²) >= 11 is 0. The zero-order valence-electron chi connectivity index (χ0n) is 12.3. The Morgan fingerprint density at radius 2 is 1.68 bits per heavy atom. The normalized spacial score (nSPS) is 15.2. The van der Waals surface area contributed by atoms with Gasteiger partial charge in [0, 0.05) is 25.3 Å². The number of benzene rings is 1. The van der Waals surface area contributed by atoms with Gasteiger partial charge in [-0.05, 0) is 50.2 Å². The summed E-state index contributed by atoms with van der Waals surface area (Å²) in [4.78, 5) is 4.82. The molecule has 1 aliphatic heterocycles. The average Bonchev–Trinajstić information content (AvgIpc) is 2.98. The van der Waals surface area contributed by atoms with Gasteiger partial charge in [0.05, 0.1) is 0 Å². The molecule has 0 radical (unpaired) electrons. The lowest BCUT2D eigenvalue weighted by Crippen LogP contribution is -2.27. The van der Waals surface area contributed by atoms with Crippen LogP contribution in [0.25, 0.3) is 0 Å². The molecule has 0 aromatic heterocycles. The highest BCUT2D eigenvalue weighted by Gasteiger charge is 2.11. The van der Waals surface area contributed by atoms with E-state index in [0.717, 1.165) is 32.0 Å². The van der Waals surface area contributed by atoms with Crippen molar-refractivity contribution in [1.29, 1.82) is 0 Å². The van der Waals surface area contributed by atoms with Gasteiger partial charge in [-0.25, -0.2) is 0 Å². The first-order valence-electron chi connectivity index (χ1n) is 7.53. The van der Waals surface area contributed by atoms with Crippen LogP contribution < -0.4 is 9.64 Å². The highest BCUT2D eigenvalue weighted by Crippen LogP contribution is 2.22. The second-order valence-corrected chi connectivity index (χ2v) is 5.06. The fraction of sp³-hybridized carbons (Fsp3) is 0.625. The highest BCUT2D eigenvalue weighted by atomic mass is 16.5. The summed E-state index contributed by atoms with van der Waals surface area (Å²) in [5, 5.41) is 0. The summed E-state index contributed by atoms with van der Waals surface area (Å²) in [6.07, 6.45) is 2.64. The summed E-state index contributed by atoms with van der Waals surface area (Å²) in [6, 6.07) is 8.54. The third-order valence-corrected chi connectivity index (χ3v) is 3.88. The lowest BCUT2D eigenvalue weighted by molar-refractivity contribution is 0.223. The van der Waals surface area contributed by atoms with Crippen molar-refractivity contribution in [1.82, 2.24) is 4.90 Å². The quantitative estimate of drug-likeness (QED) is 0.751. The molecule has 1 fully saturated rings. The molecule has 19 heavy (non-hydrogen) atoms. The van der Waals surface area contributed by atoms with Crippen LogP contribution in [-0.2, 0) is 0 Å². The standard InChI is InChI=1S/C16H26N2O/c1-3-17(4-2)13-14-19-16-9-7-15(8-10-16)18-11-5-6-12-18/h7-10H,3-6,11-14H2,1-2H3. The Kier molecular flexibility index (Phi) is 5.52. The molecule has 3 heteroatoms. The van der Waals surface area contributed by atoms with Crippen LogP contribution in [0.15, 0.2) is 24.3 Å². The number of likely N-dealkylation sites (N-methyl/N-ethyl adjacent to an activating group) is 1. The van der Waals surface area contributed by atoms with Gasteiger partial charge < -0.3 is 14.5 Å². The van der Waals surface area contributed by atoms with Gasteiger partial charge in [-0.2, -0.15) is 0 Å². The Bertz CT molecular complexity index is 354. The molecule has 0 bridgehead atoms. The van der Waals surface area contributed by atoms with Gasteiger partial charge in [-0.3, -0.25) is 0 Å². The third-order valence-electron chi connectivity index (χ3n) is 3.88. The van der Waals surface area contributed by atoms with Crippen LogP contribution >= 0.6 is 0 Å². The summed E-state index contributed by atoms with van der Waals surface area (Å²) in [5.41, 5.74) is 1.33. The van der Waals surface area contributed by atoms with Crippen molar-refractivity contribution >= 4 is 5.69 Å². The van der Waals surface area contributed by atoms with Crippen LogP contribution in [-0.4, -0.2) is 44.2 Å². The molecule has 0 unspecified atom stereocenters. The maximum Gasteiger partial charge on any atom is 0.119 e. The number of rotatable bonds is 7. The maximum atomic E-state index is 5.80. The molecule has 0 N–H and O–H groups in total. The van der Waals surface area contributed by atoms with Gasteiger partial charge in [-0.1, -0.05) is 13.8 Å². The highest BCUT2D eigenvalue weighted by molar-refractivity contribution is 5.49. The molecule has 3 nitrogen and oxygen atoms in total. The van der Waals surface area contributed by atoms with E-state index in [-0.39, 0.29) is 0 Å². The molecule has 0 aliphatic carbocycles. The molecular formula is C16H26N2O. The molecule has 1 aromatic rings. The van der Waals surface area contributed by atoms with Crippen molar-refractivity contribution < 1.29 is 4.74 Å². The van der Waals surface area contributed by atoms with Crippen LogP contribution in [0.5, 0.6) is 5.75 Å². The second-order valence-electron chi connectivity index (χ2n) is 5.06. The Labute approximate surface area is 117 Å². The fourth-order valence-electron chi connectivity index (χ4n) is 2.56. The van der Waals surface area contributed by atoms with Crippen molar-refractivity contribution in [2.45, 2.75) is 26.7 Å². The molecule has 1 aromatic carbocycles. The number of ether oxygens (including phenoxy) is 1. The van der Waals surface area contributed by atoms with E-state index < -0.39 is 0 Å². The van der Waals surface area contributed by atoms with E-state index in [1.807, 2.05) is 0 Å². The van der Waals surface area contributed by atoms with E-state index in [0.29, 0.717) is 0 Å². The Balaban J connectivity index is 1.78. The lowest BCUT2D eigenvalue weighted by Gasteiger charge is -2.19. The molecule has 2 rings (SSSR count). The number of hydrogen-bond acceptors (Lipinski definition) is 3. The van der Waals surface area contributed by atoms with Crippen LogP contribution in [0.1, 0.15) is 26.7 Å². The van der Waals surface area contributed by atoms with E-state index in [9.17, 15) is 0 Å². The van der Waals surface area contributed by atoms with E-state index in [4.69, 9.17) is 4.74 Å².